The second-order valence-electron chi connectivity index (χ2n) is 10.1. The maximum atomic E-state index is 12.5. The molecule has 2 aliphatic rings. The van der Waals surface area contributed by atoms with E-state index in [9.17, 15) is 10.0 Å². The molecule has 2 N–H and O–H groups in total. The molecule has 1 saturated carbocycles. The van der Waals surface area contributed by atoms with E-state index >= 15 is 0 Å². The number of nitrogens with zero attached hydrogens (tertiary/aromatic N) is 1. The van der Waals surface area contributed by atoms with E-state index in [1.165, 1.54) is 17.9 Å². The van der Waals surface area contributed by atoms with Gasteiger partial charge in [0.25, 0.3) is 0 Å². The molecule has 0 aromatic rings. The first-order valence-corrected chi connectivity index (χ1v) is 9.71. The van der Waals surface area contributed by atoms with Crippen LogP contribution in [0.1, 0.15) is 80.6 Å². The molecular formula is C20H38N2O2. The maximum Gasteiger partial charge on any atom is 0.220 e. The molecule has 24 heavy (non-hydrogen) atoms. The Morgan fingerprint density at radius 3 is 2.21 bits per heavy atom. The topological polar surface area (TPSA) is 52.6 Å². The molecule has 1 amide bonds. The number of hydrogen-bond acceptors (Lipinski definition) is 3. The van der Waals surface area contributed by atoms with Crippen LogP contribution in [0.25, 0.3) is 0 Å². The minimum atomic E-state index is -0.312. The van der Waals surface area contributed by atoms with Gasteiger partial charge >= 0.3 is 0 Å². The molecule has 0 radical (unpaired) electrons. The minimum absolute atomic E-state index is 0.149. The first kappa shape index (κ1) is 19.7. The van der Waals surface area contributed by atoms with Crippen LogP contribution in [0.15, 0.2) is 0 Å². The molecule has 0 bridgehead atoms. The van der Waals surface area contributed by atoms with Crippen molar-refractivity contribution in [2.24, 2.45) is 23.7 Å². The molecule has 2 fully saturated rings. The normalized spacial score (nSPS) is 31.0. The molecule has 0 spiro atoms. The van der Waals surface area contributed by atoms with Gasteiger partial charge in [-0.2, -0.15) is 5.06 Å². The van der Waals surface area contributed by atoms with E-state index in [1.54, 1.807) is 0 Å². The molecule has 4 nitrogen and oxygen atoms in total. The lowest BCUT2D eigenvalue weighted by molar-refractivity contribution is -0.246. The molecule has 1 aliphatic heterocycles. The fourth-order valence-electron chi connectivity index (χ4n) is 5.02. The molecule has 1 heterocycles. The third-order valence-corrected chi connectivity index (χ3v) is 6.00. The Bertz CT molecular complexity index is 441. The van der Waals surface area contributed by atoms with Crippen LogP contribution in [0.4, 0.5) is 0 Å². The van der Waals surface area contributed by atoms with Gasteiger partial charge in [0.15, 0.2) is 0 Å². The van der Waals surface area contributed by atoms with Crippen LogP contribution >= 0.6 is 0 Å². The van der Waals surface area contributed by atoms with E-state index in [0.717, 1.165) is 30.6 Å². The van der Waals surface area contributed by atoms with Gasteiger partial charge in [0.1, 0.15) is 0 Å². The number of carbonyl (C=O) groups excluding carboxylic acids is 1. The van der Waals surface area contributed by atoms with E-state index < -0.39 is 0 Å². The van der Waals surface area contributed by atoms with Crippen molar-refractivity contribution in [3.8, 4) is 0 Å². The molecular weight excluding hydrogens is 300 g/mol. The monoisotopic (exact) mass is 338 g/mol. The highest BCUT2D eigenvalue weighted by Crippen LogP contribution is 2.48. The van der Waals surface area contributed by atoms with Crippen molar-refractivity contribution >= 4 is 5.91 Å². The van der Waals surface area contributed by atoms with Crippen LogP contribution in [0.3, 0.4) is 0 Å². The van der Waals surface area contributed by atoms with Gasteiger partial charge in [-0.05, 0) is 77.0 Å². The summed E-state index contributed by atoms with van der Waals surface area (Å²) < 4.78 is 0. The zero-order valence-corrected chi connectivity index (χ0v) is 16.7. The van der Waals surface area contributed by atoms with Crippen molar-refractivity contribution < 1.29 is 10.0 Å². The Kier molecular flexibility index (Phi) is 5.71. The summed E-state index contributed by atoms with van der Waals surface area (Å²) in [4.78, 5) is 12.5. The summed E-state index contributed by atoms with van der Waals surface area (Å²) in [5, 5.41) is 15.1. The van der Waals surface area contributed by atoms with E-state index in [0.29, 0.717) is 12.3 Å². The third-order valence-electron chi connectivity index (χ3n) is 6.00. The second-order valence-corrected chi connectivity index (χ2v) is 10.1. The van der Waals surface area contributed by atoms with Crippen LogP contribution in [0.2, 0.25) is 0 Å². The first-order chi connectivity index (χ1) is 10.9. The lowest BCUT2D eigenvalue weighted by atomic mass is 9.79. The number of hydroxylamine groups is 2. The molecule has 0 aromatic carbocycles. The highest BCUT2D eigenvalue weighted by Gasteiger charge is 2.46. The zero-order valence-electron chi connectivity index (χ0n) is 16.7. The Morgan fingerprint density at radius 2 is 1.71 bits per heavy atom. The summed E-state index contributed by atoms with van der Waals surface area (Å²) in [6.45, 7) is 15.0. The van der Waals surface area contributed by atoms with Crippen molar-refractivity contribution in [3.63, 3.8) is 0 Å². The second kappa shape index (κ2) is 6.95. The fourth-order valence-corrected chi connectivity index (χ4v) is 5.02. The first-order valence-electron chi connectivity index (χ1n) is 9.71. The van der Waals surface area contributed by atoms with Crippen molar-refractivity contribution in [1.29, 1.82) is 0 Å². The molecule has 2 unspecified atom stereocenters. The largest absolute Gasteiger partial charge is 0.353 e. The summed E-state index contributed by atoms with van der Waals surface area (Å²) in [6.07, 6.45) is 4.73. The van der Waals surface area contributed by atoms with Crippen LogP contribution in [-0.4, -0.2) is 33.3 Å². The average Bonchev–Trinajstić information content (AvgIpc) is 3.13. The van der Waals surface area contributed by atoms with Crippen LogP contribution in [-0.2, 0) is 4.79 Å². The van der Waals surface area contributed by atoms with Gasteiger partial charge in [0.05, 0.1) is 0 Å². The quantitative estimate of drug-likeness (QED) is 0.762. The van der Waals surface area contributed by atoms with E-state index in [2.05, 4.69) is 26.1 Å². The van der Waals surface area contributed by atoms with Crippen LogP contribution in [0, 0.1) is 23.7 Å². The van der Waals surface area contributed by atoms with Gasteiger partial charge in [0, 0.05) is 23.5 Å². The number of hydrogen-bond donors (Lipinski definition) is 2. The fraction of sp³-hybridized carbons (Fsp3) is 0.950. The summed E-state index contributed by atoms with van der Waals surface area (Å²) in [6, 6.07) is 0.149. The molecule has 1 aliphatic carbocycles. The van der Waals surface area contributed by atoms with E-state index in [4.69, 9.17) is 0 Å². The molecule has 4 heteroatoms. The van der Waals surface area contributed by atoms with Gasteiger partial charge in [-0.25, -0.2) is 0 Å². The lowest BCUT2D eigenvalue weighted by Crippen LogP contribution is -2.62. The number of carbonyl (C=O) groups is 1. The Hall–Kier alpha value is -0.610. The summed E-state index contributed by atoms with van der Waals surface area (Å²) in [5.41, 5.74) is -0.624. The highest BCUT2D eigenvalue weighted by atomic mass is 16.5. The number of nitrogens with one attached hydrogen (secondary N) is 1. The van der Waals surface area contributed by atoms with Crippen molar-refractivity contribution in [2.75, 3.05) is 0 Å². The van der Waals surface area contributed by atoms with Gasteiger partial charge in [-0.15, -0.1) is 0 Å². The summed E-state index contributed by atoms with van der Waals surface area (Å²) in [7, 11) is 0. The van der Waals surface area contributed by atoms with Crippen molar-refractivity contribution in [2.45, 2.75) is 97.7 Å². The zero-order chi connectivity index (χ0) is 18.3. The SMILES string of the molecule is CC(C)C[C@H](C)C1CC1CC(=O)NC1CC(C)(C)N(O)C(C)(C)C1. The number of rotatable bonds is 6. The van der Waals surface area contributed by atoms with Gasteiger partial charge in [-0.1, -0.05) is 20.8 Å². The number of amides is 1. The average molecular weight is 339 g/mol. The van der Waals surface area contributed by atoms with Crippen molar-refractivity contribution in [3.05, 3.63) is 0 Å². The minimum Gasteiger partial charge on any atom is -0.353 e. The molecule has 140 valence electrons. The van der Waals surface area contributed by atoms with Gasteiger partial charge in [0.2, 0.25) is 5.91 Å². The smallest absolute Gasteiger partial charge is 0.220 e. The summed E-state index contributed by atoms with van der Waals surface area (Å²) >= 11 is 0. The van der Waals surface area contributed by atoms with Gasteiger partial charge < -0.3 is 10.5 Å². The molecule has 0 aromatic heterocycles. The van der Waals surface area contributed by atoms with Crippen LogP contribution in [0.5, 0.6) is 0 Å². The standard InChI is InChI=1S/C20H38N2O2/c1-13(2)8-14(3)17-9-15(17)10-18(23)21-16-11-19(4,5)22(24)20(6,7)12-16/h13-17,24H,8-12H2,1-7H3,(H,21,23)/t14-,15?,17?/m0/s1. The van der Waals surface area contributed by atoms with E-state index in [-0.39, 0.29) is 23.0 Å². The predicted octanol–water partition coefficient (Wildman–Crippen LogP) is 4.22. The Labute approximate surface area is 148 Å². The number of piperidine rings is 1. The third kappa shape index (κ3) is 4.72. The lowest BCUT2D eigenvalue weighted by Gasteiger charge is -2.51. The molecule has 2 rings (SSSR count). The van der Waals surface area contributed by atoms with E-state index in [1.807, 2.05) is 27.7 Å². The Balaban J connectivity index is 1.81. The molecule has 1 saturated heterocycles. The Morgan fingerprint density at radius 1 is 1.17 bits per heavy atom. The molecule has 3 atom stereocenters. The highest BCUT2D eigenvalue weighted by molar-refractivity contribution is 5.77. The van der Waals surface area contributed by atoms with Crippen LogP contribution < -0.4 is 5.32 Å². The van der Waals surface area contributed by atoms with Crippen molar-refractivity contribution in [1.82, 2.24) is 10.4 Å². The maximum absolute atomic E-state index is 12.5. The predicted molar refractivity (Wildman–Crippen MR) is 97.8 cm³/mol. The van der Waals surface area contributed by atoms with Gasteiger partial charge in [-0.3, -0.25) is 4.79 Å². The summed E-state index contributed by atoms with van der Waals surface area (Å²) in [5.74, 6) is 2.99.